The molecule has 5 nitrogen and oxygen atoms in total. The van der Waals surface area contributed by atoms with Crippen molar-refractivity contribution in [2.24, 2.45) is 5.41 Å². The molecule has 0 unspecified atom stereocenters. The van der Waals surface area contributed by atoms with Crippen LogP contribution < -0.4 is 4.74 Å². The van der Waals surface area contributed by atoms with Crippen LogP contribution >= 0.6 is 0 Å². The number of hydrogen-bond donors (Lipinski definition) is 0. The zero-order chi connectivity index (χ0) is 21.8. The number of methoxy groups -OCH3 is 1. The van der Waals surface area contributed by atoms with Crippen molar-refractivity contribution in [2.45, 2.75) is 79.1 Å². The summed E-state index contributed by atoms with van der Waals surface area (Å²) in [5.41, 5.74) is 1.36. The van der Waals surface area contributed by atoms with Crippen molar-refractivity contribution in [2.75, 3.05) is 7.11 Å². The van der Waals surface area contributed by atoms with E-state index in [1.165, 1.54) is 7.11 Å². The van der Waals surface area contributed by atoms with Gasteiger partial charge in [0.05, 0.1) is 19.1 Å². The van der Waals surface area contributed by atoms with Gasteiger partial charge in [-0.2, -0.15) is 0 Å². The molecule has 0 aliphatic heterocycles. The smallest absolute Gasteiger partial charge is 0.316 e. The Hall–Kier alpha value is -1.66. The van der Waals surface area contributed by atoms with Crippen LogP contribution in [-0.4, -0.2) is 27.4 Å². The average molecular weight is 409 g/mol. The Balaban J connectivity index is 3.09. The van der Waals surface area contributed by atoms with Crippen LogP contribution in [0.25, 0.3) is 0 Å². The Morgan fingerprint density at radius 3 is 2.11 bits per heavy atom. The second-order valence-corrected chi connectivity index (χ2v) is 14.5. The van der Waals surface area contributed by atoms with Gasteiger partial charge in [-0.05, 0) is 68.6 Å². The first-order chi connectivity index (χ1) is 12.7. The van der Waals surface area contributed by atoms with Crippen LogP contribution in [0.1, 0.15) is 59.1 Å². The van der Waals surface area contributed by atoms with Gasteiger partial charge < -0.3 is 13.9 Å². The van der Waals surface area contributed by atoms with E-state index in [2.05, 4.69) is 33.9 Å². The van der Waals surface area contributed by atoms with Gasteiger partial charge >= 0.3 is 11.9 Å². The van der Waals surface area contributed by atoms with Gasteiger partial charge in [0.15, 0.2) is 8.32 Å². The van der Waals surface area contributed by atoms with Crippen molar-refractivity contribution in [3.05, 3.63) is 29.3 Å². The van der Waals surface area contributed by atoms with E-state index < -0.39 is 13.7 Å². The second-order valence-electron chi connectivity index (χ2n) is 9.70. The Bertz CT molecular complexity index is 696. The zero-order valence-corrected chi connectivity index (χ0v) is 19.9. The molecule has 0 amide bonds. The standard InChI is InChI=1S/C22H36O5Si/c1-21(2,3)20(24)27-18-12-10-16(11-13-19(23)25-7)17(14-18)15-26-28(8,9)22(4,5)6/h10,12,14H,11,13,15H2,1-9H3. The number of rotatable bonds is 7. The maximum atomic E-state index is 12.2. The van der Waals surface area contributed by atoms with Crippen LogP contribution in [0.3, 0.4) is 0 Å². The summed E-state index contributed by atoms with van der Waals surface area (Å²) in [7, 11) is -0.553. The molecule has 0 aromatic heterocycles. The second kappa shape index (κ2) is 9.22. The lowest BCUT2D eigenvalue weighted by molar-refractivity contribution is -0.143. The molecule has 0 aliphatic rings. The molecule has 0 heterocycles. The molecule has 158 valence electrons. The predicted molar refractivity (Wildman–Crippen MR) is 114 cm³/mol. The van der Waals surface area contributed by atoms with E-state index in [-0.39, 0.29) is 17.0 Å². The predicted octanol–water partition coefficient (Wildman–Crippen LogP) is 5.27. The van der Waals surface area contributed by atoms with Crippen LogP contribution in [0, 0.1) is 5.41 Å². The molecule has 1 aromatic rings. The number of ether oxygens (including phenoxy) is 2. The molecule has 0 saturated carbocycles. The minimum absolute atomic E-state index is 0.0927. The van der Waals surface area contributed by atoms with Gasteiger partial charge in [0, 0.05) is 6.42 Å². The summed E-state index contributed by atoms with van der Waals surface area (Å²) in [6.07, 6.45) is 0.848. The van der Waals surface area contributed by atoms with Crippen molar-refractivity contribution in [3.8, 4) is 5.75 Å². The first-order valence-corrected chi connectivity index (χ1v) is 12.6. The number of carbonyl (C=O) groups is 2. The first-order valence-electron chi connectivity index (χ1n) is 9.72. The van der Waals surface area contributed by atoms with E-state index in [0.29, 0.717) is 25.2 Å². The van der Waals surface area contributed by atoms with Gasteiger partial charge in [0.25, 0.3) is 0 Å². The zero-order valence-electron chi connectivity index (χ0n) is 18.9. The summed E-state index contributed by atoms with van der Waals surface area (Å²) in [5, 5.41) is 0.0927. The summed E-state index contributed by atoms with van der Waals surface area (Å²) in [6.45, 7) is 16.9. The largest absolute Gasteiger partial charge is 0.469 e. The van der Waals surface area contributed by atoms with Crippen molar-refractivity contribution in [1.29, 1.82) is 0 Å². The van der Waals surface area contributed by atoms with E-state index >= 15 is 0 Å². The number of hydrogen-bond acceptors (Lipinski definition) is 5. The number of benzene rings is 1. The third-order valence-electron chi connectivity index (χ3n) is 5.22. The van der Waals surface area contributed by atoms with Gasteiger partial charge in [-0.15, -0.1) is 0 Å². The van der Waals surface area contributed by atoms with Crippen LogP contribution in [0.4, 0.5) is 0 Å². The normalized spacial score (nSPS) is 12.6. The molecule has 6 heteroatoms. The molecule has 1 rings (SSSR count). The third-order valence-corrected chi connectivity index (χ3v) is 9.70. The SMILES string of the molecule is COC(=O)CCc1ccc(OC(=O)C(C)(C)C)cc1CO[Si](C)(C)C(C)(C)C. The van der Waals surface area contributed by atoms with Crippen molar-refractivity contribution in [3.63, 3.8) is 0 Å². The van der Waals surface area contributed by atoms with Gasteiger partial charge in [-0.3, -0.25) is 9.59 Å². The molecule has 0 fully saturated rings. The number of aryl methyl sites for hydroxylation is 1. The number of esters is 2. The Labute approximate surface area is 170 Å². The molecule has 0 spiro atoms. The highest BCUT2D eigenvalue weighted by Gasteiger charge is 2.37. The van der Waals surface area contributed by atoms with Crippen LogP contribution in [-0.2, 0) is 31.8 Å². The Morgan fingerprint density at radius 1 is 1.00 bits per heavy atom. The lowest BCUT2D eigenvalue weighted by atomic mass is 9.97. The molecule has 0 radical (unpaired) electrons. The van der Waals surface area contributed by atoms with E-state index in [1.807, 2.05) is 32.9 Å². The maximum absolute atomic E-state index is 12.2. The fourth-order valence-corrected chi connectivity index (χ4v) is 3.07. The average Bonchev–Trinajstić information content (AvgIpc) is 2.56. The van der Waals surface area contributed by atoms with Gasteiger partial charge in [-0.25, -0.2) is 0 Å². The molecular weight excluding hydrogens is 372 g/mol. The van der Waals surface area contributed by atoms with Gasteiger partial charge in [-0.1, -0.05) is 26.8 Å². The monoisotopic (exact) mass is 408 g/mol. The molecule has 0 N–H and O–H groups in total. The van der Waals surface area contributed by atoms with Crippen molar-refractivity contribution >= 4 is 20.3 Å². The van der Waals surface area contributed by atoms with Gasteiger partial charge in [0.2, 0.25) is 0 Å². The maximum Gasteiger partial charge on any atom is 0.316 e. The summed E-state index contributed by atoms with van der Waals surface area (Å²) in [4.78, 5) is 23.8. The number of carbonyl (C=O) groups excluding carboxylic acids is 2. The molecule has 0 bridgehead atoms. The van der Waals surface area contributed by atoms with Crippen LogP contribution in [0.15, 0.2) is 18.2 Å². The quantitative estimate of drug-likeness (QED) is 0.350. The van der Waals surface area contributed by atoms with Gasteiger partial charge in [0.1, 0.15) is 5.75 Å². The molecule has 0 saturated heterocycles. The van der Waals surface area contributed by atoms with E-state index in [9.17, 15) is 9.59 Å². The molecule has 0 aliphatic carbocycles. The molecule has 0 atom stereocenters. The molecule has 1 aromatic carbocycles. The summed E-state index contributed by atoms with van der Waals surface area (Å²) >= 11 is 0. The molecular formula is C22H36O5Si. The van der Waals surface area contributed by atoms with Crippen molar-refractivity contribution < 1.29 is 23.5 Å². The lowest BCUT2D eigenvalue weighted by Gasteiger charge is -2.36. The van der Waals surface area contributed by atoms with E-state index in [0.717, 1.165) is 11.1 Å². The Kier molecular flexibility index (Phi) is 8.03. The highest BCUT2D eigenvalue weighted by atomic mass is 28.4. The topological polar surface area (TPSA) is 61.8 Å². The van der Waals surface area contributed by atoms with Crippen LogP contribution in [0.5, 0.6) is 5.75 Å². The summed E-state index contributed by atoms with van der Waals surface area (Å²) in [6, 6.07) is 5.52. The summed E-state index contributed by atoms with van der Waals surface area (Å²) < 4.78 is 16.7. The summed E-state index contributed by atoms with van der Waals surface area (Å²) in [5.74, 6) is -0.0406. The first kappa shape index (κ1) is 24.4. The molecule has 28 heavy (non-hydrogen) atoms. The van der Waals surface area contributed by atoms with E-state index in [1.54, 1.807) is 6.07 Å². The highest BCUT2D eigenvalue weighted by molar-refractivity contribution is 6.74. The van der Waals surface area contributed by atoms with Crippen LogP contribution in [0.2, 0.25) is 18.1 Å². The minimum Gasteiger partial charge on any atom is -0.469 e. The highest BCUT2D eigenvalue weighted by Crippen LogP contribution is 2.37. The lowest BCUT2D eigenvalue weighted by Crippen LogP contribution is -2.40. The fraction of sp³-hybridized carbons (Fsp3) is 0.636. The fourth-order valence-electron chi connectivity index (χ4n) is 2.12. The minimum atomic E-state index is -1.94. The van der Waals surface area contributed by atoms with E-state index in [4.69, 9.17) is 13.9 Å². The van der Waals surface area contributed by atoms with Crippen molar-refractivity contribution in [1.82, 2.24) is 0 Å². The Morgan fingerprint density at radius 2 is 1.61 bits per heavy atom. The third kappa shape index (κ3) is 7.06.